The van der Waals surface area contributed by atoms with Crippen LogP contribution in [0, 0.1) is 0 Å². The second-order valence-corrected chi connectivity index (χ2v) is 11.2. The van der Waals surface area contributed by atoms with Crippen molar-refractivity contribution in [3.05, 3.63) is 61.9 Å². The molecule has 8 heteroatoms. The normalized spacial score (nSPS) is 16.6. The topological polar surface area (TPSA) is 99.5 Å². The van der Waals surface area contributed by atoms with Gasteiger partial charge in [-0.15, -0.1) is 0 Å². The number of nitrogens with one attached hydrogen (secondary N) is 2. The number of hydrogen-bond acceptors (Lipinski definition) is 7. The molecule has 41 heavy (non-hydrogen) atoms. The molecule has 6 rings (SSSR count). The van der Waals surface area contributed by atoms with E-state index in [1.807, 2.05) is 26.8 Å². The highest BCUT2D eigenvalue weighted by atomic mass is 16.3. The molecule has 4 heterocycles. The summed E-state index contributed by atoms with van der Waals surface area (Å²) in [5.41, 5.74) is 8.37. The summed E-state index contributed by atoms with van der Waals surface area (Å²) >= 11 is 0. The van der Waals surface area contributed by atoms with Crippen LogP contribution >= 0.6 is 0 Å². The molecule has 0 bridgehead atoms. The summed E-state index contributed by atoms with van der Waals surface area (Å²) in [7, 11) is 0. The number of aromatic nitrogens is 2. The molecule has 220 valence electrons. The lowest BCUT2D eigenvalue weighted by molar-refractivity contribution is -0.115. The summed E-state index contributed by atoms with van der Waals surface area (Å²) in [6.07, 6.45) is 4.94. The van der Waals surface area contributed by atoms with Gasteiger partial charge in [0.1, 0.15) is 6.10 Å². The maximum atomic E-state index is 13.7. The van der Waals surface area contributed by atoms with Gasteiger partial charge >= 0.3 is 0 Å². The van der Waals surface area contributed by atoms with Crippen LogP contribution in [0.2, 0.25) is 0 Å². The van der Waals surface area contributed by atoms with Crippen molar-refractivity contribution in [3.8, 4) is 11.4 Å². The molecule has 0 amide bonds. The number of hydrogen-bond donors (Lipinski definition) is 3. The van der Waals surface area contributed by atoms with Gasteiger partial charge in [0, 0.05) is 49.2 Å². The monoisotopic (exact) mass is 559 g/mol. The Morgan fingerprint density at radius 1 is 1.12 bits per heavy atom. The highest BCUT2D eigenvalue weighted by Gasteiger charge is 2.30. The van der Waals surface area contributed by atoms with Gasteiger partial charge in [0.2, 0.25) is 0 Å². The predicted molar refractivity (Wildman–Crippen MR) is 165 cm³/mol. The zero-order valence-corrected chi connectivity index (χ0v) is 24.9. The van der Waals surface area contributed by atoms with E-state index in [0.717, 1.165) is 88.3 Å². The van der Waals surface area contributed by atoms with E-state index >= 15 is 0 Å². The maximum Gasteiger partial charge on any atom is 0.254 e. The lowest BCUT2D eigenvalue weighted by atomic mass is 9.96. The molecule has 2 aliphatic heterocycles. The largest absolute Gasteiger partial charge is 0.381 e. The lowest BCUT2D eigenvalue weighted by Crippen LogP contribution is -2.44. The van der Waals surface area contributed by atoms with Gasteiger partial charge in [-0.25, -0.2) is 4.98 Å². The molecule has 1 saturated heterocycles. The van der Waals surface area contributed by atoms with E-state index in [2.05, 4.69) is 27.7 Å². The number of rotatable bonds is 10. The first-order chi connectivity index (χ1) is 20.1. The van der Waals surface area contributed by atoms with Crippen molar-refractivity contribution >= 4 is 17.2 Å². The predicted octanol–water partition coefficient (Wildman–Crippen LogP) is 3.51. The number of benzene rings is 1. The van der Waals surface area contributed by atoms with Gasteiger partial charge < -0.3 is 30.0 Å². The van der Waals surface area contributed by atoms with E-state index in [4.69, 9.17) is 4.98 Å². The van der Waals surface area contributed by atoms with Gasteiger partial charge in [-0.05, 0) is 85.6 Å². The summed E-state index contributed by atoms with van der Waals surface area (Å²) in [6, 6.07) is 6.39. The first-order valence-electron chi connectivity index (χ1n) is 15.6. The highest BCUT2D eigenvalue weighted by Crippen LogP contribution is 2.38. The number of piperazine rings is 1. The van der Waals surface area contributed by atoms with Gasteiger partial charge in [0.25, 0.3) is 5.56 Å². The van der Waals surface area contributed by atoms with Crippen LogP contribution in [0.1, 0.15) is 79.5 Å². The number of aliphatic hydroxyl groups excluding tert-OH is 1. The summed E-state index contributed by atoms with van der Waals surface area (Å²) in [4.78, 5) is 32.8. The molecule has 3 aliphatic rings. The van der Waals surface area contributed by atoms with Gasteiger partial charge in [0.15, 0.2) is 6.29 Å². The number of pyridine rings is 2. The number of carbonyl (C=O) groups excluding carboxylic acids is 1. The van der Waals surface area contributed by atoms with Crippen LogP contribution in [-0.4, -0.2) is 65.1 Å². The Bertz CT molecular complexity index is 1460. The summed E-state index contributed by atoms with van der Waals surface area (Å²) in [6.45, 7) is 13.6. The van der Waals surface area contributed by atoms with Crippen molar-refractivity contribution in [2.75, 3.05) is 39.3 Å². The Balaban J connectivity index is 0.00000165. The third-order valence-electron chi connectivity index (χ3n) is 8.70. The van der Waals surface area contributed by atoms with Gasteiger partial charge in [-0.2, -0.15) is 0 Å². The zero-order valence-electron chi connectivity index (χ0n) is 24.9. The first kappa shape index (κ1) is 29.6. The van der Waals surface area contributed by atoms with Crippen molar-refractivity contribution in [2.24, 2.45) is 0 Å². The van der Waals surface area contributed by atoms with Crippen LogP contribution in [0.15, 0.2) is 23.0 Å². The van der Waals surface area contributed by atoms with Crippen LogP contribution in [-0.2, 0) is 37.1 Å². The quantitative estimate of drug-likeness (QED) is 0.202. The Morgan fingerprint density at radius 2 is 1.88 bits per heavy atom. The zero-order chi connectivity index (χ0) is 28.9. The molecule has 0 radical (unpaired) electrons. The van der Waals surface area contributed by atoms with Gasteiger partial charge in [-0.3, -0.25) is 4.79 Å². The smallest absolute Gasteiger partial charge is 0.254 e. The fourth-order valence-electron chi connectivity index (χ4n) is 6.66. The first-order valence-corrected chi connectivity index (χ1v) is 15.6. The van der Waals surface area contributed by atoms with Crippen molar-refractivity contribution in [3.63, 3.8) is 0 Å². The summed E-state index contributed by atoms with van der Waals surface area (Å²) in [5, 5.41) is 18.8. The molecule has 3 aromatic rings. The lowest BCUT2D eigenvalue weighted by Gasteiger charge is -2.27. The molecule has 1 fully saturated rings. The van der Waals surface area contributed by atoms with Crippen LogP contribution in [0.3, 0.4) is 0 Å². The Morgan fingerprint density at radius 3 is 2.61 bits per heavy atom. The van der Waals surface area contributed by atoms with E-state index in [0.29, 0.717) is 36.1 Å². The SMILES string of the molecule is CC.CCCc1c(C(O)C=O)cc2n(c1=O)Cc1c-2nc2cc3c(cc2c1CNCCCN1CCNCC1)CCC3. The number of fused-ring (bicyclic) bond motifs is 5. The number of aldehydes is 1. The number of nitrogens with zero attached hydrogens (tertiary/aromatic N) is 3. The fraction of sp³-hybridized carbons (Fsp3) is 0.545. The van der Waals surface area contributed by atoms with E-state index < -0.39 is 6.10 Å². The minimum absolute atomic E-state index is 0.121. The van der Waals surface area contributed by atoms with Crippen molar-refractivity contribution in [2.45, 2.75) is 78.5 Å². The maximum absolute atomic E-state index is 13.7. The fourth-order valence-corrected chi connectivity index (χ4v) is 6.66. The number of aliphatic hydroxyl groups is 1. The summed E-state index contributed by atoms with van der Waals surface area (Å²) < 4.78 is 1.80. The Hall–Kier alpha value is -2.91. The van der Waals surface area contributed by atoms with Gasteiger partial charge in [0.05, 0.1) is 23.4 Å². The molecule has 3 N–H and O–H groups in total. The molecule has 8 nitrogen and oxygen atoms in total. The minimum atomic E-state index is -1.31. The van der Waals surface area contributed by atoms with E-state index in [9.17, 15) is 14.7 Å². The van der Waals surface area contributed by atoms with E-state index in [-0.39, 0.29) is 5.56 Å². The Kier molecular flexibility index (Phi) is 9.65. The molecule has 2 aromatic heterocycles. The molecule has 1 aromatic carbocycles. The van der Waals surface area contributed by atoms with Crippen LogP contribution in [0.4, 0.5) is 0 Å². The standard InChI is InChI=1S/C31H39N5O3.C2H6/c1-2-5-22-24(29(38)19-37)16-28-30-26(18-36(28)31(22)39)25(17-33-8-4-11-35-12-9-32-10-13-35)23-14-20-6-3-7-21(20)15-27(23)34-30;1-2/h14-16,19,29,32-33,38H,2-13,17-18H2,1H3;1-2H3. The highest BCUT2D eigenvalue weighted by molar-refractivity contribution is 5.89. The average molecular weight is 560 g/mol. The van der Waals surface area contributed by atoms with Crippen LogP contribution in [0.25, 0.3) is 22.3 Å². The van der Waals surface area contributed by atoms with Crippen LogP contribution in [0.5, 0.6) is 0 Å². The number of aryl methyl sites for hydroxylation is 2. The van der Waals surface area contributed by atoms with Crippen molar-refractivity contribution in [1.82, 2.24) is 25.1 Å². The summed E-state index contributed by atoms with van der Waals surface area (Å²) in [5.74, 6) is 0. The molecule has 1 aliphatic carbocycles. The molecule has 0 saturated carbocycles. The molecular formula is C33H45N5O3. The third kappa shape index (κ3) is 5.89. The molecule has 1 atom stereocenters. The van der Waals surface area contributed by atoms with E-state index in [1.54, 1.807) is 4.57 Å². The van der Waals surface area contributed by atoms with E-state index in [1.165, 1.54) is 28.5 Å². The number of carbonyl (C=O) groups is 1. The molecule has 1 unspecified atom stereocenters. The van der Waals surface area contributed by atoms with Crippen molar-refractivity contribution < 1.29 is 9.90 Å². The van der Waals surface area contributed by atoms with Crippen molar-refractivity contribution in [1.29, 1.82) is 0 Å². The van der Waals surface area contributed by atoms with Crippen LogP contribution < -0.4 is 16.2 Å². The third-order valence-corrected chi connectivity index (χ3v) is 8.70. The van der Waals surface area contributed by atoms with Gasteiger partial charge in [-0.1, -0.05) is 27.2 Å². The molecular weight excluding hydrogens is 514 g/mol. The minimum Gasteiger partial charge on any atom is -0.381 e. The molecule has 0 spiro atoms. The second kappa shape index (κ2) is 13.4. The second-order valence-electron chi connectivity index (χ2n) is 11.2. The Labute approximate surface area is 243 Å². The average Bonchev–Trinajstić information content (AvgIpc) is 3.62.